The number of nitrogens with zero attached hydrogens (tertiary/aromatic N) is 3. The predicted octanol–water partition coefficient (Wildman–Crippen LogP) is 2.22. The van der Waals surface area contributed by atoms with Gasteiger partial charge >= 0.3 is 0 Å². The molecule has 3 heterocycles. The molecule has 0 bridgehead atoms. The van der Waals surface area contributed by atoms with E-state index < -0.39 is 0 Å². The molecule has 0 unspecified atom stereocenters. The monoisotopic (exact) mass is 230 g/mol. The molecule has 1 fully saturated rings. The first-order valence-electron chi connectivity index (χ1n) is 6.25. The van der Waals surface area contributed by atoms with Gasteiger partial charge in [0.05, 0.1) is 11.2 Å². The van der Waals surface area contributed by atoms with Gasteiger partial charge in [0.1, 0.15) is 0 Å². The van der Waals surface area contributed by atoms with E-state index in [1.54, 1.807) is 0 Å². The molecule has 0 spiro atoms. The fourth-order valence-corrected chi connectivity index (χ4v) is 2.60. The Bertz CT molecular complexity index is 538. The third-order valence-electron chi connectivity index (χ3n) is 3.56. The highest BCUT2D eigenvalue weighted by Crippen LogP contribution is 2.24. The first-order chi connectivity index (χ1) is 8.25. The molecule has 1 aliphatic heterocycles. The average molecular weight is 230 g/mol. The van der Waals surface area contributed by atoms with Crippen LogP contribution >= 0.6 is 0 Å². The maximum atomic E-state index is 5.84. The van der Waals surface area contributed by atoms with Gasteiger partial charge in [0.25, 0.3) is 0 Å². The maximum Gasteiger partial charge on any atom is 0.205 e. The van der Waals surface area contributed by atoms with Crippen LogP contribution in [0.4, 0.5) is 11.6 Å². The van der Waals surface area contributed by atoms with Gasteiger partial charge in [-0.1, -0.05) is 0 Å². The Morgan fingerprint density at radius 3 is 2.76 bits per heavy atom. The van der Waals surface area contributed by atoms with Gasteiger partial charge in [0, 0.05) is 25.0 Å². The van der Waals surface area contributed by atoms with Gasteiger partial charge < -0.3 is 10.6 Å². The second kappa shape index (κ2) is 3.95. The zero-order valence-electron chi connectivity index (χ0n) is 10.2. The molecule has 1 saturated heterocycles. The van der Waals surface area contributed by atoms with E-state index in [2.05, 4.69) is 22.0 Å². The van der Waals surface area contributed by atoms with Gasteiger partial charge in [-0.3, -0.25) is 4.40 Å². The summed E-state index contributed by atoms with van der Waals surface area (Å²) in [6.07, 6.45) is 5.98. The highest BCUT2D eigenvalue weighted by atomic mass is 15.1. The molecule has 90 valence electrons. The van der Waals surface area contributed by atoms with Crippen molar-refractivity contribution in [2.75, 3.05) is 23.7 Å². The van der Waals surface area contributed by atoms with Crippen molar-refractivity contribution in [3.05, 3.63) is 24.0 Å². The molecule has 0 atom stereocenters. The van der Waals surface area contributed by atoms with Crippen molar-refractivity contribution in [1.82, 2.24) is 9.38 Å². The van der Waals surface area contributed by atoms with Gasteiger partial charge in [-0.25, -0.2) is 4.98 Å². The van der Waals surface area contributed by atoms with E-state index in [-0.39, 0.29) is 0 Å². The van der Waals surface area contributed by atoms with Crippen molar-refractivity contribution in [3.8, 4) is 0 Å². The number of aryl methyl sites for hydroxylation is 1. The smallest absolute Gasteiger partial charge is 0.205 e. The van der Waals surface area contributed by atoms with Crippen LogP contribution in [0.1, 0.15) is 25.0 Å². The number of hydrogen-bond donors (Lipinski definition) is 1. The van der Waals surface area contributed by atoms with Gasteiger partial charge in [0.15, 0.2) is 0 Å². The predicted molar refractivity (Wildman–Crippen MR) is 70.4 cm³/mol. The summed E-state index contributed by atoms with van der Waals surface area (Å²) in [5, 5.41) is 0. The number of rotatable bonds is 1. The number of piperidine rings is 1. The lowest BCUT2D eigenvalue weighted by molar-refractivity contribution is 0.578. The maximum absolute atomic E-state index is 5.84. The van der Waals surface area contributed by atoms with Crippen molar-refractivity contribution >= 4 is 17.2 Å². The molecule has 1 aliphatic rings. The lowest BCUT2D eigenvalue weighted by Gasteiger charge is -2.28. The Hall–Kier alpha value is -1.71. The Kier molecular flexibility index (Phi) is 2.42. The lowest BCUT2D eigenvalue weighted by Crippen LogP contribution is -2.29. The zero-order chi connectivity index (χ0) is 11.8. The van der Waals surface area contributed by atoms with Crippen LogP contribution in [0.25, 0.3) is 5.52 Å². The highest BCUT2D eigenvalue weighted by molar-refractivity contribution is 5.65. The topological polar surface area (TPSA) is 46.6 Å². The third kappa shape index (κ3) is 1.73. The van der Waals surface area contributed by atoms with Crippen LogP contribution in [0.2, 0.25) is 0 Å². The van der Waals surface area contributed by atoms with E-state index in [1.165, 1.54) is 38.0 Å². The summed E-state index contributed by atoms with van der Waals surface area (Å²) in [6.45, 7) is 4.34. The van der Waals surface area contributed by atoms with E-state index >= 15 is 0 Å². The van der Waals surface area contributed by atoms with Crippen molar-refractivity contribution < 1.29 is 0 Å². The number of imidazole rings is 1. The summed E-state index contributed by atoms with van der Waals surface area (Å²) in [5.74, 6) is 0.572. The lowest BCUT2D eigenvalue weighted by atomic mass is 10.1. The molecule has 0 aromatic carbocycles. The molecule has 2 aromatic heterocycles. The van der Waals surface area contributed by atoms with E-state index in [0.717, 1.165) is 11.2 Å². The summed E-state index contributed by atoms with van der Waals surface area (Å²) in [4.78, 5) is 6.75. The van der Waals surface area contributed by atoms with Crippen molar-refractivity contribution in [2.45, 2.75) is 26.2 Å². The van der Waals surface area contributed by atoms with Gasteiger partial charge in [-0.2, -0.15) is 0 Å². The Labute approximate surface area is 101 Å². The standard InChI is InChI=1S/C13H18N4/c1-10-12-9-11(16-6-3-2-4-7-16)5-8-17(12)13(14)15-10/h5,8-9H,2-4,6-7H2,1H3,(H2,14,15). The molecule has 0 aliphatic carbocycles. The van der Waals surface area contributed by atoms with Crippen LogP contribution in [0, 0.1) is 6.92 Å². The molecule has 2 N–H and O–H groups in total. The molecular formula is C13H18N4. The fraction of sp³-hybridized carbons (Fsp3) is 0.462. The molecule has 4 heteroatoms. The molecule has 17 heavy (non-hydrogen) atoms. The molecule has 0 amide bonds. The minimum atomic E-state index is 0.572. The van der Waals surface area contributed by atoms with E-state index in [0.29, 0.717) is 5.95 Å². The molecule has 4 nitrogen and oxygen atoms in total. The quantitative estimate of drug-likeness (QED) is 0.817. The Morgan fingerprint density at radius 1 is 1.24 bits per heavy atom. The molecule has 0 saturated carbocycles. The molecule has 0 radical (unpaired) electrons. The Balaban J connectivity index is 2.03. The van der Waals surface area contributed by atoms with Gasteiger partial charge in [-0.15, -0.1) is 0 Å². The van der Waals surface area contributed by atoms with Crippen LogP contribution < -0.4 is 10.6 Å². The summed E-state index contributed by atoms with van der Waals surface area (Å²) < 4.78 is 1.95. The van der Waals surface area contributed by atoms with Crippen LogP contribution in [0.15, 0.2) is 18.3 Å². The number of nitrogens with two attached hydrogens (primary N) is 1. The van der Waals surface area contributed by atoms with Gasteiger partial charge in [-0.05, 0) is 38.3 Å². The van der Waals surface area contributed by atoms with Crippen LogP contribution in [-0.2, 0) is 0 Å². The average Bonchev–Trinajstić information content (AvgIpc) is 2.66. The Morgan fingerprint density at radius 2 is 2.00 bits per heavy atom. The molecule has 3 rings (SSSR count). The number of nitrogen functional groups attached to an aromatic ring is 1. The number of hydrogen-bond acceptors (Lipinski definition) is 3. The number of aromatic nitrogens is 2. The number of fused-ring (bicyclic) bond motifs is 1. The summed E-state index contributed by atoms with van der Waals surface area (Å²) in [7, 11) is 0. The van der Waals surface area contributed by atoms with E-state index in [1.807, 2.05) is 17.5 Å². The minimum Gasteiger partial charge on any atom is -0.371 e. The molecular weight excluding hydrogens is 212 g/mol. The summed E-state index contributed by atoms with van der Waals surface area (Å²) in [6, 6.07) is 4.33. The number of pyridine rings is 1. The van der Waals surface area contributed by atoms with E-state index in [9.17, 15) is 0 Å². The van der Waals surface area contributed by atoms with Crippen LogP contribution in [-0.4, -0.2) is 22.5 Å². The fourth-order valence-electron chi connectivity index (χ4n) is 2.60. The zero-order valence-corrected chi connectivity index (χ0v) is 10.2. The second-order valence-electron chi connectivity index (χ2n) is 4.74. The van der Waals surface area contributed by atoms with Crippen molar-refractivity contribution in [3.63, 3.8) is 0 Å². The number of anilines is 2. The van der Waals surface area contributed by atoms with Crippen molar-refractivity contribution in [1.29, 1.82) is 0 Å². The normalized spacial score (nSPS) is 16.6. The largest absolute Gasteiger partial charge is 0.371 e. The summed E-state index contributed by atoms with van der Waals surface area (Å²) >= 11 is 0. The highest BCUT2D eigenvalue weighted by Gasteiger charge is 2.12. The first kappa shape index (κ1) is 10.4. The van der Waals surface area contributed by atoms with E-state index in [4.69, 9.17) is 5.73 Å². The van der Waals surface area contributed by atoms with Crippen molar-refractivity contribution in [2.24, 2.45) is 0 Å². The summed E-state index contributed by atoms with van der Waals surface area (Å²) in [5.41, 5.74) is 9.25. The van der Waals surface area contributed by atoms with Crippen LogP contribution in [0.5, 0.6) is 0 Å². The van der Waals surface area contributed by atoms with Gasteiger partial charge in [0.2, 0.25) is 5.95 Å². The third-order valence-corrected chi connectivity index (χ3v) is 3.56. The second-order valence-corrected chi connectivity index (χ2v) is 4.74. The molecule has 2 aromatic rings. The first-order valence-corrected chi connectivity index (χ1v) is 6.25. The van der Waals surface area contributed by atoms with Crippen LogP contribution in [0.3, 0.4) is 0 Å². The minimum absolute atomic E-state index is 0.572. The SMILES string of the molecule is Cc1nc(N)n2ccc(N3CCCCC3)cc12.